The van der Waals surface area contributed by atoms with Gasteiger partial charge < -0.3 is 15.2 Å². The minimum absolute atomic E-state index is 0.615. The molecular formula is C21H28N2O2. The van der Waals surface area contributed by atoms with Gasteiger partial charge >= 0.3 is 0 Å². The first kappa shape index (κ1) is 17.8. The Hall–Kier alpha value is -2.04. The monoisotopic (exact) mass is 340 g/mol. The van der Waals surface area contributed by atoms with Crippen LogP contribution < -0.4 is 15.2 Å². The first-order valence-corrected chi connectivity index (χ1v) is 8.95. The van der Waals surface area contributed by atoms with Gasteiger partial charge in [0.2, 0.25) is 0 Å². The third kappa shape index (κ3) is 4.33. The van der Waals surface area contributed by atoms with Crippen LogP contribution in [0.25, 0.3) is 0 Å². The van der Waals surface area contributed by atoms with Crippen LogP contribution in [0, 0.1) is 0 Å². The van der Waals surface area contributed by atoms with Crippen molar-refractivity contribution in [3.63, 3.8) is 0 Å². The number of piperidine rings is 1. The summed E-state index contributed by atoms with van der Waals surface area (Å²) in [6.07, 6.45) is 2.41. The van der Waals surface area contributed by atoms with Crippen LogP contribution in [-0.4, -0.2) is 32.2 Å². The zero-order chi connectivity index (χ0) is 17.6. The van der Waals surface area contributed by atoms with Crippen LogP contribution in [0.3, 0.4) is 0 Å². The van der Waals surface area contributed by atoms with E-state index < -0.39 is 0 Å². The van der Waals surface area contributed by atoms with E-state index in [-0.39, 0.29) is 0 Å². The lowest BCUT2D eigenvalue weighted by Gasteiger charge is -2.32. The Kier molecular flexibility index (Phi) is 5.95. The molecule has 134 valence electrons. The van der Waals surface area contributed by atoms with Crippen LogP contribution in [0.2, 0.25) is 0 Å². The fourth-order valence-electron chi connectivity index (χ4n) is 3.59. The second-order valence-electron chi connectivity index (χ2n) is 6.69. The largest absolute Gasteiger partial charge is 0.493 e. The molecule has 2 aromatic rings. The molecule has 0 unspecified atom stereocenters. The molecule has 0 aliphatic carbocycles. The Morgan fingerprint density at radius 3 is 2.16 bits per heavy atom. The molecule has 1 heterocycles. The van der Waals surface area contributed by atoms with Crippen LogP contribution >= 0.6 is 0 Å². The maximum Gasteiger partial charge on any atom is 0.161 e. The van der Waals surface area contributed by atoms with Gasteiger partial charge in [0.15, 0.2) is 11.5 Å². The minimum atomic E-state index is 0.615. The van der Waals surface area contributed by atoms with E-state index in [2.05, 4.69) is 41.3 Å². The first-order valence-electron chi connectivity index (χ1n) is 8.95. The molecule has 0 amide bonds. The number of nitrogens with two attached hydrogens (primary N) is 1. The quantitative estimate of drug-likeness (QED) is 0.874. The Labute approximate surface area is 150 Å². The van der Waals surface area contributed by atoms with Crippen LogP contribution in [0.1, 0.15) is 35.4 Å². The highest BCUT2D eigenvalue weighted by Crippen LogP contribution is 2.31. The third-order valence-corrected chi connectivity index (χ3v) is 5.13. The summed E-state index contributed by atoms with van der Waals surface area (Å²) in [6.45, 7) is 3.82. The molecule has 0 atom stereocenters. The number of nitrogens with zero attached hydrogens (tertiary/aromatic N) is 1. The molecule has 3 rings (SSSR count). The summed E-state index contributed by atoms with van der Waals surface area (Å²) < 4.78 is 10.7. The Balaban J connectivity index is 1.57. The molecule has 0 aromatic heterocycles. The Morgan fingerprint density at radius 1 is 0.920 bits per heavy atom. The highest BCUT2D eigenvalue weighted by Gasteiger charge is 2.21. The number of hydrogen-bond donors (Lipinski definition) is 1. The number of ether oxygens (including phenoxy) is 2. The molecule has 0 bridgehead atoms. The van der Waals surface area contributed by atoms with Crippen LogP contribution in [0.4, 0.5) is 0 Å². The molecule has 1 saturated heterocycles. The summed E-state index contributed by atoms with van der Waals surface area (Å²) in [5.74, 6) is 2.24. The van der Waals surface area contributed by atoms with E-state index in [0.717, 1.165) is 31.1 Å². The van der Waals surface area contributed by atoms with Gasteiger partial charge in [-0.15, -0.1) is 0 Å². The molecule has 1 aliphatic heterocycles. The van der Waals surface area contributed by atoms with E-state index in [9.17, 15) is 0 Å². The highest BCUT2D eigenvalue weighted by atomic mass is 16.5. The molecular weight excluding hydrogens is 312 g/mol. The first-order chi connectivity index (χ1) is 12.2. The van der Waals surface area contributed by atoms with E-state index in [1.54, 1.807) is 14.2 Å². The van der Waals surface area contributed by atoms with Gasteiger partial charge in [0.05, 0.1) is 14.2 Å². The highest BCUT2D eigenvalue weighted by molar-refractivity contribution is 5.42. The predicted octanol–water partition coefficient (Wildman–Crippen LogP) is 3.54. The molecule has 1 aliphatic rings. The predicted molar refractivity (Wildman–Crippen MR) is 101 cm³/mol. The van der Waals surface area contributed by atoms with Gasteiger partial charge in [0.25, 0.3) is 0 Å². The third-order valence-electron chi connectivity index (χ3n) is 5.13. The van der Waals surface area contributed by atoms with Crippen LogP contribution in [-0.2, 0) is 13.1 Å². The minimum Gasteiger partial charge on any atom is -0.493 e. The standard InChI is InChI=1S/C21H28N2O2/c1-24-20-8-5-17(13-21(20)25-2)15-23-11-9-19(10-12-23)18-6-3-16(14-22)4-7-18/h3-8,13,19H,9-12,14-15,22H2,1-2H3. The summed E-state index contributed by atoms with van der Waals surface area (Å²) in [4.78, 5) is 2.52. The van der Waals surface area contributed by atoms with E-state index in [1.165, 1.54) is 29.5 Å². The van der Waals surface area contributed by atoms with Crippen LogP contribution in [0.15, 0.2) is 42.5 Å². The summed E-state index contributed by atoms with van der Waals surface area (Å²) in [6, 6.07) is 15.0. The lowest BCUT2D eigenvalue weighted by molar-refractivity contribution is 0.204. The molecule has 0 spiro atoms. The molecule has 1 fully saturated rings. The van der Waals surface area contributed by atoms with Gasteiger partial charge in [-0.3, -0.25) is 4.90 Å². The van der Waals surface area contributed by atoms with Gasteiger partial charge in [0, 0.05) is 13.1 Å². The van der Waals surface area contributed by atoms with Crippen molar-refractivity contribution in [1.82, 2.24) is 4.90 Å². The normalized spacial score (nSPS) is 16.0. The molecule has 4 nitrogen and oxygen atoms in total. The summed E-state index contributed by atoms with van der Waals surface area (Å²) in [5.41, 5.74) is 9.60. The van der Waals surface area contributed by atoms with E-state index in [1.807, 2.05) is 6.07 Å². The van der Waals surface area contributed by atoms with Crippen molar-refractivity contribution >= 4 is 0 Å². The van der Waals surface area contributed by atoms with E-state index in [0.29, 0.717) is 12.5 Å². The number of rotatable bonds is 6. The van der Waals surface area contributed by atoms with Gasteiger partial charge in [-0.05, 0) is 60.7 Å². The van der Waals surface area contributed by atoms with Gasteiger partial charge in [-0.1, -0.05) is 30.3 Å². The summed E-state index contributed by atoms with van der Waals surface area (Å²) in [7, 11) is 3.35. The van der Waals surface area contributed by atoms with Gasteiger partial charge in [0.1, 0.15) is 0 Å². The topological polar surface area (TPSA) is 47.7 Å². The SMILES string of the molecule is COc1ccc(CN2CCC(c3ccc(CN)cc3)CC2)cc1OC. The summed E-state index contributed by atoms with van der Waals surface area (Å²) >= 11 is 0. The molecule has 0 saturated carbocycles. The fraction of sp³-hybridized carbons (Fsp3) is 0.429. The fourth-order valence-corrected chi connectivity index (χ4v) is 3.59. The van der Waals surface area contributed by atoms with Crippen molar-refractivity contribution in [2.45, 2.75) is 31.8 Å². The Bertz CT molecular complexity index is 677. The van der Waals surface area contributed by atoms with Crippen molar-refractivity contribution in [2.24, 2.45) is 5.73 Å². The van der Waals surface area contributed by atoms with E-state index >= 15 is 0 Å². The zero-order valence-corrected chi connectivity index (χ0v) is 15.2. The number of hydrogen-bond acceptors (Lipinski definition) is 4. The smallest absolute Gasteiger partial charge is 0.161 e. The van der Waals surface area contributed by atoms with Crippen LogP contribution in [0.5, 0.6) is 11.5 Å². The second-order valence-corrected chi connectivity index (χ2v) is 6.69. The molecule has 0 radical (unpaired) electrons. The van der Waals surface area contributed by atoms with Crippen molar-refractivity contribution < 1.29 is 9.47 Å². The molecule has 4 heteroatoms. The van der Waals surface area contributed by atoms with Crippen molar-refractivity contribution in [1.29, 1.82) is 0 Å². The van der Waals surface area contributed by atoms with Gasteiger partial charge in [-0.25, -0.2) is 0 Å². The van der Waals surface area contributed by atoms with Crippen molar-refractivity contribution in [3.8, 4) is 11.5 Å². The van der Waals surface area contributed by atoms with Crippen molar-refractivity contribution in [3.05, 3.63) is 59.2 Å². The number of likely N-dealkylation sites (tertiary alicyclic amines) is 1. The molecule has 2 N–H and O–H groups in total. The van der Waals surface area contributed by atoms with Gasteiger partial charge in [-0.2, -0.15) is 0 Å². The zero-order valence-electron chi connectivity index (χ0n) is 15.2. The second kappa shape index (κ2) is 8.37. The van der Waals surface area contributed by atoms with E-state index in [4.69, 9.17) is 15.2 Å². The summed E-state index contributed by atoms with van der Waals surface area (Å²) in [5, 5.41) is 0. The number of methoxy groups -OCH3 is 2. The number of benzene rings is 2. The average molecular weight is 340 g/mol. The maximum absolute atomic E-state index is 5.69. The van der Waals surface area contributed by atoms with Crippen molar-refractivity contribution in [2.75, 3.05) is 27.3 Å². The average Bonchev–Trinajstić information content (AvgIpc) is 2.68. The maximum atomic E-state index is 5.69. The Morgan fingerprint density at radius 2 is 1.56 bits per heavy atom. The molecule has 25 heavy (non-hydrogen) atoms. The molecule has 2 aromatic carbocycles. The lowest BCUT2D eigenvalue weighted by Crippen LogP contribution is -2.32. The lowest BCUT2D eigenvalue weighted by atomic mass is 9.89.